The van der Waals surface area contributed by atoms with E-state index in [1.807, 2.05) is 0 Å². The molecule has 0 aliphatic heterocycles. The third-order valence-electron chi connectivity index (χ3n) is 2.92. The molecule has 1 aromatic carbocycles. The van der Waals surface area contributed by atoms with E-state index in [2.05, 4.69) is 27.3 Å². The Kier molecular flexibility index (Phi) is 3.63. The van der Waals surface area contributed by atoms with Crippen LogP contribution >= 0.6 is 0 Å². The van der Waals surface area contributed by atoms with Crippen molar-refractivity contribution in [3.05, 3.63) is 40.8 Å². The molecule has 1 heterocycles. The van der Waals surface area contributed by atoms with Gasteiger partial charge in [0.2, 0.25) is 0 Å². The molecule has 2 rings (SSSR count). The van der Waals surface area contributed by atoms with E-state index in [9.17, 15) is 4.39 Å². The van der Waals surface area contributed by atoms with E-state index < -0.39 is 5.82 Å². The van der Waals surface area contributed by atoms with Crippen LogP contribution in [0, 0.1) is 36.4 Å². The molecule has 0 spiro atoms. The Balaban J connectivity index is 2.72. The first-order valence-corrected chi connectivity index (χ1v) is 5.84. The molecule has 0 saturated carbocycles. The van der Waals surface area contributed by atoms with Crippen molar-refractivity contribution >= 4 is 5.82 Å². The van der Waals surface area contributed by atoms with Crippen molar-refractivity contribution in [3.8, 4) is 29.8 Å². The predicted octanol–water partition coefficient (Wildman–Crippen LogP) is 2.49. The summed E-state index contributed by atoms with van der Waals surface area (Å²) in [7, 11) is 1.55. The number of benzene rings is 1. The highest BCUT2D eigenvalue weighted by molar-refractivity contribution is 5.66. The number of terminal acetylenes is 1. The fraction of sp³-hybridized carbons (Fsp3) is 0.133. The monoisotopic (exact) mass is 266 g/mol. The van der Waals surface area contributed by atoms with Crippen molar-refractivity contribution in [2.24, 2.45) is 0 Å². The van der Waals surface area contributed by atoms with Gasteiger partial charge in [0, 0.05) is 12.6 Å². The molecule has 1 aromatic heterocycles. The number of aromatic nitrogens is 2. The minimum atomic E-state index is -0.659. The zero-order chi connectivity index (χ0) is 14.7. The Morgan fingerprint density at radius 1 is 1.35 bits per heavy atom. The number of nitrogens with zero attached hydrogens (tertiary/aromatic N) is 3. The molecule has 0 bridgehead atoms. The largest absolute Gasteiger partial charge is 0.371 e. The lowest BCUT2D eigenvalue weighted by molar-refractivity contribution is 0.614. The van der Waals surface area contributed by atoms with E-state index >= 15 is 0 Å². The molecule has 2 aromatic rings. The van der Waals surface area contributed by atoms with Crippen LogP contribution in [0.1, 0.15) is 16.8 Å². The smallest absolute Gasteiger partial charge is 0.199 e. The molecule has 4 nitrogen and oxygen atoms in total. The normalized spacial score (nSPS) is 9.65. The first kappa shape index (κ1) is 13.5. The lowest BCUT2D eigenvalue weighted by atomic mass is 10.0. The van der Waals surface area contributed by atoms with Crippen LogP contribution in [0.3, 0.4) is 0 Å². The summed E-state index contributed by atoms with van der Waals surface area (Å²) in [5.41, 5.74) is 1.79. The minimum absolute atomic E-state index is 0.0321. The number of hydrogen-bond donors (Lipinski definition) is 1. The highest BCUT2D eigenvalue weighted by atomic mass is 19.1. The van der Waals surface area contributed by atoms with Crippen molar-refractivity contribution in [1.29, 1.82) is 5.26 Å². The highest BCUT2D eigenvalue weighted by Gasteiger charge is 2.15. The third kappa shape index (κ3) is 2.17. The van der Waals surface area contributed by atoms with Gasteiger partial charge in [-0.05, 0) is 24.5 Å². The molecular formula is C15H11FN4. The van der Waals surface area contributed by atoms with Crippen molar-refractivity contribution in [3.63, 3.8) is 0 Å². The Labute approximate surface area is 116 Å². The van der Waals surface area contributed by atoms with Crippen molar-refractivity contribution in [2.45, 2.75) is 6.92 Å². The Morgan fingerprint density at radius 3 is 2.70 bits per heavy atom. The van der Waals surface area contributed by atoms with Crippen LogP contribution in [0.2, 0.25) is 0 Å². The average molecular weight is 266 g/mol. The van der Waals surface area contributed by atoms with Gasteiger partial charge in [-0.15, -0.1) is 6.42 Å². The van der Waals surface area contributed by atoms with Gasteiger partial charge in [0.25, 0.3) is 0 Å². The van der Waals surface area contributed by atoms with E-state index in [-0.39, 0.29) is 11.5 Å². The molecule has 98 valence electrons. The summed E-state index contributed by atoms with van der Waals surface area (Å²) in [5.74, 6) is 1.86. The van der Waals surface area contributed by atoms with Gasteiger partial charge in [0.1, 0.15) is 0 Å². The van der Waals surface area contributed by atoms with Gasteiger partial charge in [-0.1, -0.05) is 12.1 Å². The number of halogens is 1. The van der Waals surface area contributed by atoms with Crippen LogP contribution in [-0.4, -0.2) is 17.0 Å². The van der Waals surface area contributed by atoms with Gasteiger partial charge >= 0.3 is 0 Å². The zero-order valence-electron chi connectivity index (χ0n) is 11.0. The van der Waals surface area contributed by atoms with Crippen LogP contribution in [0.4, 0.5) is 10.2 Å². The SMILES string of the molecule is C#Cc1nc(-c2cccc(C#N)c2C)nc(NC)c1F. The average Bonchev–Trinajstić information content (AvgIpc) is 2.48. The summed E-state index contributed by atoms with van der Waals surface area (Å²) in [4.78, 5) is 8.14. The van der Waals surface area contributed by atoms with E-state index in [1.54, 1.807) is 32.2 Å². The Bertz CT molecular complexity index is 754. The summed E-state index contributed by atoms with van der Waals surface area (Å²) in [6.07, 6.45) is 5.25. The van der Waals surface area contributed by atoms with E-state index in [1.165, 1.54) is 0 Å². The second-order valence-corrected chi connectivity index (χ2v) is 4.04. The molecule has 0 radical (unpaired) electrons. The second kappa shape index (κ2) is 5.38. The van der Waals surface area contributed by atoms with Crippen LogP contribution in [-0.2, 0) is 0 Å². The molecule has 1 N–H and O–H groups in total. The lowest BCUT2D eigenvalue weighted by Gasteiger charge is -2.09. The fourth-order valence-electron chi connectivity index (χ4n) is 1.83. The maximum Gasteiger partial charge on any atom is 0.199 e. The van der Waals surface area contributed by atoms with Gasteiger partial charge in [-0.25, -0.2) is 9.97 Å². The quantitative estimate of drug-likeness (QED) is 0.848. The molecule has 20 heavy (non-hydrogen) atoms. The number of hydrogen-bond acceptors (Lipinski definition) is 4. The van der Waals surface area contributed by atoms with Crippen molar-refractivity contribution in [2.75, 3.05) is 12.4 Å². The maximum absolute atomic E-state index is 13.8. The standard InChI is InChI=1S/C15H11FN4/c1-4-12-13(16)15(18-3)20-14(19-12)11-7-5-6-10(8-17)9(11)2/h1,5-7H,2-3H3,(H,18,19,20). The summed E-state index contributed by atoms with van der Waals surface area (Å²) in [6, 6.07) is 7.28. The Hall–Kier alpha value is -2.92. The van der Waals surface area contributed by atoms with Gasteiger partial charge in [0.05, 0.1) is 11.6 Å². The summed E-state index contributed by atoms with van der Waals surface area (Å²) in [5, 5.41) is 11.7. The van der Waals surface area contributed by atoms with Crippen LogP contribution in [0.25, 0.3) is 11.4 Å². The predicted molar refractivity (Wildman–Crippen MR) is 74.4 cm³/mol. The number of nitriles is 1. The van der Waals surface area contributed by atoms with Crippen molar-refractivity contribution in [1.82, 2.24) is 9.97 Å². The molecule has 0 fully saturated rings. The van der Waals surface area contributed by atoms with Gasteiger partial charge in [0.15, 0.2) is 23.2 Å². The Morgan fingerprint density at radius 2 is 2.10 bits per heavy atom. The molecule has 0 unspecified atom stereocenters. The number of rotatable bonds is 2. The van der Waals surface area contributed by atoms with Crippen molar-refractivity contribution < 1.29 is 4.39 Å². The molecule has 0 aliphatic rings. The van der Waals surface area contributed by atoms with Gasteiger partial charge < -0.3 is 5.32 Å². The zero-order valence-corrected chi connectivity index (χ0v) is 11.0. The maximum atomic E-state index is 13.8. The topological polar surface area (TPSA) is 61.6 Å². The number of anilines is 1. The van der Waals surface area contributed by atoms with Crippen LogP contribution < -0.4 is 5.32 Å². The van der Waals surface area contributed by atoms with Crippen LogP contribution in [0.15, 0.2) is 18.2 Å². The van der Waals surface area contributed by atoms with E-state index in [0.29, 0.717) is 17.0 Å². The molecule has 0 aliphatic carbocycles. The molecule has 5 heteroatoms. The van der Waals surface area contributed by atoms with Gasteiger partial charge in [-0.3, -0.25) is 0 Å². The second-order valence-electron chi connectivity index (χ2n) is 4.04. The summed E-state index contributed by atoms with van der Waals surface area (Å²) >= 11 is 0. The first-order valence-electron chi connectivity index (χ1n) is 5.84. The van der Waals surface area contributed by atoms with E-state index in [0.717, 1.165) is 5.56 Å². The summed E-state index contributed by atoms with van der Waals surface area (Å²) in [6.45, 7) is 1.79. The third-order valence-corrected chi connectivity index (χ3v) is 2.92. The first-order chi connectivity index (χ1) is 9.62. The molecule has 0 saturated heterocycles. The molecule has 0 amide bonds. The van der Waals surface area contributed by atoms with E-state index in [4.69, 9.17) is 11.7 Å². The molecular weight excluding hydrogens is 255 g/mol. The van der Waals surface area contributed by atoms with Gasteiger partial charge in [-0.2, -0.15) is 9.65 Å². The highest BCUT2D eigenvalue weighted by Crippen LogP contribution is 2.25. The molecule has 0 atom stereocenters. The minimum Gasteiger partial charge on any atom is -0.371 e. The van der Waals surface area contributed by atoms with Crippen LogP contribution in [0.5, 0.6) is 0 Å². The summed E-state index contributed by atoms with van der Waals surface area (Å²) < 4.78 is 13.8. The number of nitrogens with one attached hydrogen (secondary N) is 1. The lowest BCUT2D eigenvalue weighted by Crippen LogP contribution is -2.05. The fourth-order valence-corrected chi connectivity index (χ4v) is 1.83.